The predicted molar refractivity (Wildman–Crippen MR) is 118 cm³/mol. The van der Waals surface area contributed by atoms with Crippen LogP contribution in [0.3, 0.4) is 0 Å². The van der Waals surface area contributed by atoms with Crippen molar-refractivity contribution in [3.05, 3.63) is 91.2 Å². The standard InChI is InChI=1S/C23H21NO5S/c1-15-11-21(16(2)30-15)22(25)9-7-17-8-10-23(28-3)18(12-17)14-29-20-6-4-5-19(13-20)24(26)27/h4-13H,14H2,1-3H3/b9-7+. The van der Waals surface area contributed by atoms with Crippen molar-refractivity contribution in [2.75, 3.05) is 7.11 Å². The molecular weight excluding hydrogens is 402 g/mol. The molecule has 0 spiro atoms. The molecule has 3 rings (SSSR count). The molecule has 2 aromatic carbocycles. The first-order chi connectivity index (χ1) is 14.4. The lowest BCUT2D eigenvalue weighted by atomic mass is 10.1. The van der Waals surface area contributed by atoms with Gasteiger partial charge >= 0.3 is 0 Å². The summed E-state index contributed by atoms with van der Waals surface area (Å²) in [5.41, 5.74) is 2.28. The Labute approximate surface area is 178 Å². The van der Waals surface area contributed by atoms with Gasteiger partial charge in [0, 0.05) is 26.9 Å². The summed E-state index contributed by atoms with van der Waals surface area (Å²) < 4.78 is 11.1. The summed E-state index contributed by atoms with van der Waals surface area (Å²) in [6, 6.07) is 13.4. The number of methoxy groups -OCH3 is 1. The molecule has 0 saturated heterocycles. The third kappa shape index (κ3) is 5.12. The van der Waals surface area contributed by atoms with Crippen LogP contribution in [0, 0.1) is 24.0 Å². The average molecular weight is 423 g/mol. The van der Waals surface area contributed by atoms with E-state index in [0.29, 0.717) is 11.5 Å². The minimum atomic E-state index is -0.466. The van der Waals surface area contributed by atoms with Crippen molar-refractivity contribution in [3.63, 3.8) is 0 Å². The quantitative estimate of drug-likeness (QED) is 0.199. The predicted octanol–water partition coefficient (Wildman–Crippen LogP) is 5.76. The number of hydrogen-bond acceptors (Lipinski definition) is 6. The molecule has 0 N–H and O–H groups in total. The molecule has 154 valence electrons. The summed E-state index contributed by atoms with van der Waals surface area (Å²) in [7, 11) is 1.56. The second kappa shape index (κ2) is 9.37. The number of benzene rings is 2. The number of rotatable bonds is 8. The van der Waals surface area contributed by atoms with Gasteiger partial charge in [0.05, 0.1) is 18.1 Å². The van der Waals surface area contributed by atoms with Gasteiger partial charge in [-0.25, -0.2) is 0 Å². The number of nitrogens with zero attached hydrogens (tertiary/aromatic N) is 1. The van der Waals surface area contributed by atoms with E-state index in [1.807, 2.05) is 32.0 Å². The molecule has 0 saturated carbocycles. The second-order valence-corrected chi connectivity index (χ2v) is 8.10. The smallest absolute Gasteiger partial charge is 0.273 e. The highest BCUT2D eigenvalue weighted by molar-refractivity contribution is 7.12. The number of ketones is 1. The van der Waals surface area contributed by atoms with Crippen molar-refractivity contribution < 1.29 is 19.2 Å². The number of nitro benzene ring substituents is 1. The Hall–Kier alpha value is -3.45. The van der Waals surface area contributed by atoms with E-state index in [1.54, 1.807) is 48.8 Å². The fraction of sp³-hybridized carbons (Fsp3) is 0.174. The van der Waals surface area contributed by atoms with Gasteiger partial charge < -0.3 is 9.47 Å². The van der Waals surface area contributed by atoms with Crippen LogP contribution in [-0.4, -0.2) is 17.8 Å². The lowest BCUT2D eigenvalue weighted by Gasteiger charge is -2.11. The minimum absolute atomic E-state index is 0.0337. The van der Waals surface area contributed by atoms with Crippen LogP contribution in [0.25, 0.3) is 6.08 Å². The third-order valence-corrected chi connectivity index (χ3v) is 5.43. The van der Waals surface area contributed by atoms with Gasteiger partial charge in [-0.1, -0.05) is 18.2 Å². The zero-order chi connectivity index (χ0) is 21.7. The summed E-state index contributed by atoms with van der Waals surface area (Å²) in [6.07, 6.45) is 3.31. The van der Waals surface area contributed by atoms with Crippen molar-refractivity contribution >= 4 is 28.9 Å². The van der Waals surface area contributed by atoms with Crippen molar-refractivity contribution in [2.24, 2.45) is 0 Å². The Morgan fingerprint density at radius 3 is 2.63 bits per heavy atom. The molecule has 0 bridgehead atoms. The van der Waals surface area contributed by atoms with Gasteiger partial charge in [-0.2, -0.15) is 0 Å². The molecule has 0 aliphatic heterocycles. The summed E-state index contributed by atoms with van der Waals surface area (Å²) >= 11 is 1.60. The Morgan fingerprint density at radius 2 is 1.97 bits per heavy atom. The highest BCUT2D eigenvalue weighted by atomic mass is 32.1. The van der Waals surface area contributed by atoms with Crippen molar-refractivity contribution in [1.29, 1.82) is 0 Å². The van der Waals surface area contributed by atoms with Gasteiger partial charge in [0.2, 0.25) is 0 Å². The molecule has 0 aliphatic carbocycles. The number of non-ortho nitro benzene ring substituents is 1. The van der Waals surface area contributed by atoms with Crippen LogP contribution in [-0.2, 0) is 6.61 Å². The summed E-state index contributed by atoms with van der Waals surface area (Å²) in [4.78, 5) is 25.0. The Bertz CT molecular complexity index is 1120. The molecule has 0 atom stereocenters. The molecule has 0 aliphatic rings. The lowest BCUT2D eigenvalue weighted by Crippen LogP contribution is -2.00. The third-order valence-electron chi connectivity index (χ3n) is 4.46. The normalized spacial score (nSPS) is 10.9. The molecule has 0 unspecified atom stereocenters. The number of ether oxygens (including phenoxy) is 2. The van der Waals surface area contributed by atoms with Gasteiger partial charge in [-0.15, -0.1) is 11.3 Å². The second-order valence-electron chi connectivity index (χ2n) is 6.64. The molecule has 0 amide bonds. The van der Waals surface area contributed by atoms with Crippen molar-refractivity contribution in [3.8, 4) is 11.5 Å². The zero-order valence-electron chi connectivity index (χ0n) is 16.9. The van der Waals surface area contributed by atoms with E-state index in [9.17, 15) is 14.9 Å². The molecule has 1 heterocycles. The van der Waals surface area contributed by atoms with Gasteiger partial charge in [0.15, 0.2) is 5.78 Å². The van der Waals surface area contributed by atoms with Crippen LogP contribution >= 0.6 is 11.3 Å². The molecule has 1 aromatic heterocycles. The van der Waals surface area contributed by atoms with E-state index in [1.165, 1.54) is 12.1 Å². The molecule has 7 heteroatoms. The molecule has 3 aromatic rings. The summed E-state index contributed by atoms with van der Waals surface area (Å²) in [6.45, 7) is 4.09. The molecule has 30 heavy (non-hydrogen) atoms. The fourth-order valence-corrected chi connectivity index (χ4v) is 3.93. The van der Waals surface area contributed by atoms with Gasteiger partial charge in [0.25, 0.3) is 5.69 Å². The first-order valence-corrected chi connectivity index (χ1v) is 10.0. The Morgan fingerprint density at radius 1 is 1.17 bits per heavy atom. The number of nitro groups is 1. The van der Waals surface area contributed by atoms with Crippen molar-refractivity contribution in [2.45, 2.75) is 20.5 Å². The van der Waals surface area contributed by atoms with E-state index < -0.39 is 4.92 Å². The largest absolute Gasteiger partial charge is 0.496 e. The molecule has 6 nitrogen and oxygen atoms in total. The molecular formula is C23H21NO5S. The highest BCUT2D eigenvalue weighted by Crippen LogP contribution is 2.25. The van der Waals surface area contributed by atoms with E-state index in [0.717, 1.165) is 26.4 Å². The van der Waals surface area contributed by atoms with Gasteiger partial charge in [-0.3, -0.25) is 14.9 Å². The van der Waals surface area contributed by atoms with Crippen LogP contribution in [0.5, 0.6) is 11.5 Å². The summed E-state index contributed by atoms with van der Waals surface area (Å²) in [5, 5.41) is 10.9. The van der Waals surface area contributed by atoms with E-state index >= 15 is 0 Å². The topological polar surface area (TPSA) is 78.7 Å². The van der Waals surface area contributed by atoms with Gasteiger partial charge in [-0.05, 0) is 49.8 Å². The first kappa shape index (κ1) is 21.3. The maximum atomic E-state index is 12.5. The number of carbonyl (C=O) groups excluding carboxylic acids is 1. The monoisotopic (exact) mass is 423 g/mol. The molecule has 0 radical (unpaired) electrons. The fourth-order valence-electron chi connectivity index (χ4n) is 3.00. The lowest BCUT2D eigenvalue weighted by molar-refractivity contribution is -0.384. The number of hydrogen-bond donors (Lipinski definition) is 0. The van der Waals surface area contributed by atoms with Crippen molar-refractivity contribution in [1.82, 2.24) is 0 Å². The Kier molecular flexibility index (Phi) is 6.64. The Balaban J connectivity index is 1.76. The maximum absolute atomic E-state index is 12.5. The van der Waals surface area contributed by atoms with Crippen LogP contribution in [0.2, 0.25) is 0 Å². The van der Waals surface area contributed by atoms with Crippen LogP contribution < -0.4 is 9.47 Å². The highest BCUT2D eigenvalue weighted by Gasteiger charge is 2.11. The minimum Gasteiger partial charge on any atom is -0.496 e. The summed E-state index contributed by atoms with van der Waals surface area (Å²) in [5.74, 6) is 0.987. The molecule has 0 fully saturated rings. The van der Waals surface area contributed by atoms with E-state index in [-0.39, 0.29) is 18.1 Å². The number of thiophene rings is 1. The van der Waals surface area contributed by atoms with Gasteiger partial charge in [0.1, 0.15) is 18.1 Å². The zero-order valence-corrected chi connectivity index (χ0v) is 17.7. The van der Waals surface area contributed by atoms with E-state index in [2.05, 4.69) is 0 Å². The number of carbonyl (C=O) groups is 1. The number of allylic oxidation sites excluding steroid dienone is 1. The van der Waals surface area contributed by atoms with Crippen LogP contribution in [0.1, 0.15) is 31.2 Å². The van der Waals surface area contributed by atoms with E-state index in [4.69, 9.17) is 9.47 Å². The average Bonchev–Trinajstić information content (AvgIpc) is 3.08. The van der Waals surface area contributed by atoms with Crippen LogP contribution in [0.4, 0.5) is 5.69 Å². The number of aryl methyl sites for hydroxylation is 2. The van der Waals surface area contributed by atoms with Crippen LogP contribution in [0.15, 0.2) is 54.6 Å². The SMILES string of the molecule is COc1ccc(/C=C/C(=O)c2cc(C)sc2C)cc1COc1cccc([N+](=O)[O-])c1. The first-order valence-electron chi connectivity index (χ1n) is 9.21. The maximum Gasteiger partial charge on any atom is 0.273 e.